The SMILES string of the molecule is C[C@@H](c1ccccc1)N1C(=O)N[C@@](NC(=O)C2CC2)(C(F)(F)F)C1=O. The highest BCUT2D eigenvalue weighted by Crippen LogP contribution is 2.38. The molecule has 0 radical (unpaired) electrons. The fourth-order valence-electron chi connectivity index (χ4n) is 2.76. The second kappa shape index (κ2) is 5.75. The van der Waals surface area contributed by atoms with Crippen LogP contribution in [0.25, 0.3) is 0 Å². The van der Waals surface area contributed by atoms with E-state index in [0.29, 0.717) is 23.3 Å². The molecule has 3 rings (SSSR count). The highest BCUT2D eigenvalue weighted by Gasteiger charge is 2.69. The van der Waals surface area contributed by atoms with Gasteiger partial charge in [-0.25, -0.2) is 4.79 Å². The lowest BCUT2D eigenvalue weighted by molar-refractivity contribution is -0.204. The normalized spacial score (nSPS) is 24.9. The Morgan fingerprint density at radius 2 is 1.88 bits per heavy atom. The molecule has 0 bridgehead atoms. The molecule has 1 saturated carbocycles. The minimum atomic E-state index is -5.17. The number of carbonyl (C=O) groups excluding carboxylic acids is 3. The molecule has 2 atom stereocenters. The van der Waals surface area contributed by atoms with Crippen molar-refractivity contribution in [3.05, 3.63) is 35.9 Å². The Hall–Kier alpha value is -2.58. The zero-order chi connectivity index (χ0) is 18.4. The highest BCUT2D eigenvalue weighted by atomic mass is 19.4. The van der Waals surface area contributed by atoms with Gasteiger partial charge in [0.25, 0.3) is 11.6 Å². The third kappa shape index (κ3) is 2.83. The van der Waals surface area contributed by atoms with E-state index in [9.17, 15) is 27.6 Å². The molecule has 1 aromatic carbocycles. The molecule has 1 aromatic rings. The number of amides is 4. The number of benzene rings is 1. The van der Waals surface area contributed by atoms with E-state index in [1.807, 2.05) is 0 Å². The number of urea groups is 1. The maximum atomic E-state index is 13.6. The Morgan fingerprint density at radius 1 is 1.28 bits per heavy atom. The minimum absolute atomic E-state index is 0.464. The van der Waals surface area contributed by atoms with Crippen LogP contribution in [0.15, 0.2) is 30.3 Å². The molecule has 2 aliphatic rings. The van der Waals surface area contributed by atoms with Crippen molar-refractivity contribution in [2.24, 2.45) is 5.92 Å². The van der Waals surface area contributed by atoms with Crippen molar-refractivity contribution in [2.45, 2.75) is 37.6 Å². The lowest BCUT2D eigenvalue weighted by Gasteiger charge is -2.30. The van der Waals surface area contributed by atoms with Crippen LogP contribution in [0.4, 0.5) is 18.0 Å². The molecule has 9 heteroatoms. The predicted octanol–water partition coefficient (Wildman–Crippen LogP) is 2.08. The van der Waals surface area contributed by atoms with Gasteiger partial charge in [-0.1, -0.05) is 30.3 Å². The second-order valence-corrected chi connectivity index (χ2v) is 6.20. The summed E-state index contributed by atoms with van der Waals surface area (Å²) in [7, 11) is 0. The van der Waals surface area contributed by atoms with E-state index >= 15 is 0 Å². The van der Waals surface area contributed by atoms with Gasteiger partial charge in [-0.2, -0.15) is 13.2 Å². The topological polar surface area (TPSA) is 78.5 Å². The molecule has 2 N–H and O–H groups in total. The van der Waals surface area contributed by atoms with E-state index < -0.39 is 41.6 Å². The fourth-order valence-corrected chi connectivity index (χ4v) is 2.76. The summed E-state index contributed by atoms with van der Waals surface area (Å²) < 4.78 is 40.9. The van der Waals surface area contributed by atoms with Crippen molar-refractivity contribution in [1.29, 1.82) is 0 Å². The predicted molar refractivity (Wildman–Crippen MR) is 79.9 cm³/mol. The van der Waals surface area contributed by atoms with Gasteiger partial charge in [-0.05, 0) is 25.3 Å². The number of hydrogen-bond donors (Lipinski definition) is 2. The number of imide groups is 1. The first kappa shape index (κ1) is 17.2. The van der Waals surface area contributed by atoms with E-state index in [1.165, 1.54) is 6.92 Å². The molecular weight excluding hydrogens is 339 g/mol. The summed E-state index contributed by atoms with van der Waals surface area (Å²) in [6, 6.07) is 6.08. The molecule has 134 valence electrons. The summed E-state index contributed by atoms with van der Waals surface area (Å²) in [4.78, 5) is 37.1. The molecular formula is C16H16F3N3O3. The number of rotatable bonds is 4. The van der Waals surface area contributed by atoms with Gasteiger partial charge in [0, 0.05) is 5.92 Å². The van der Waals surface area contributed by atoms with Gasteiger partial charge >= 0.3 is 12.2 Å². The third-order valence-electron chi connectivity index (χ3n) is 4.41. The Labute approximate surface area is 141 Å². The number of nitrogens with zero attached hydrogens (tertiary/aromatic N) is 1. The molecule has 1 aliphatic heterocycles. The van der Waals surface area contributed by atoms with Gasteiger partial charge in [-0.15, -0.1) is 0 Å². The van der Waals surface area contributed by atoms with Crippen molar-refractivity contribution in [3.63, 3.8) is 0 Å². The van der Waals surface area contributed by atoms with Crippen molar-refractivity contribution in [1.82, 2.24) is 15.5 Å². The van der Waals surface area contributed by atoms with Crippen LogP contribution >= 0.6 is 0 Å². The molecule has 6 nitrogen and oxygen atoms in total. The first-order chi connectivity index (χ1) is 11.7. The maximum absolute atomic E-state index is 13.6. The zero-order valence-corrected chi connectivity index (χ0v) is 13.3. The van der Waals surface area contributed by atoms with Crippen LogP contribution in [0.1, 0.15) is 31.4 Å². The average Bonchev–Trinajstić information content (AvgIpc) is 3.35. The minimum Gasteiger partial charge on any atom is -0.318 e. The Bertz CT molecular complexity index is 718. The summed E-state index contributed by atoms with van der Waals surface area (Å²) in [6.07, 6.45) is -4.24. The van der Waals surface area contributed by atoms with E-state index in [4.69, 9.17) is 0 Å². The van der Waals surface area contributed by atoms with Crippen LogP contribution in [-0.2, 0) is 9.59 Å². The summed E-state index contributed by atoms with van der Waals surface area (Å²) in [5.74, 6) is -2.97. The standard InChI is InChI=1S/C16H16F3N3O3/c1-9(10-5-3-2-4-6-10)22-13(24)15(16(17,18)19,21-14(22)25)20-12(23)11-7-8-11/h2-6,9,11H,7-8H2,1H3,(H,20,23)(H,21,25)/t9-,15+/m0/s1. The van der Waals surface area contributed by atoms with Crippen molar-refractivity contribution >= 4 is 17.8 Å². The van der Waals surface area contributed by atoms with Gasteiger partial charge < -0.3 is 5.32 Å². The summed E-state index contributed by atoms with van der Waals surface area (Å²) >= 11 is 0. The quantitative estimate of drug-likeness (QED) is 0.812. The maximum Gasteiger partial charge on any atom is 0.440 e. The lowest BCUT2D eigenvalue weighted by Crippen LogP contribution is -2.69. The van der Waals surface area contributed by atoms with Crippen LogP contribution in [0, 0.1) is 5.92 Å². The molecule has 25 heavy (non-hydrogen) atoms. The van der Waals surface area contributed by atoms with E-state index in [1.54, 1.807) is 41.0 Å². The summed E-state index contributed by atoms with van der Waals surface area (Å²) in [5, 5.41) is 3.38. The molecule has 2 fully saturated rings. The number of carbonyl (C=O) groups is 3. The van der Waals surface area contributed by atoms with E-state index in [2.05, 4.69) is 0 Å². The van der Waals surface area contributed by atoms with Crippen LogP contribution < -0.4 is 10.6 Å². The van der Waals surface area contributed by atoms with Gasteiger partial charge in [0.15, 0.2) is 0 Å². The van der Waals surface area contributed by atoms with Crippen LogP contribution in [0.3, 0.4) is 0 Å². The van der Waals surface area contributed by atoms with Crippen LogP contribution in [-0.4, -0.2) is 34.6 Å². The van der Waals surface area contributed by atoms with Gasteiger partial charge in [0.2, 0.25) is 5.91 Å². The molecule has 1 heterocycles. The van der Waals surface area contributed by atoms with Crippen molar-refractivity contribution in [3.8, 4) is 0 Å². The fraction of sp³-hybridized carbons (Fsp3) is 0.438. The number of halogens is 3. The van der Waals surface area contributed by atoms with Crippen LogP contribution in [0.5, 0.6) is 0 Å². The van der Waals surface area contributed by atoms with Crippen LogP contribution in [0.2, 0.25) is 0 Å². The first-order valence-corrected chi connectivity index (χ1v) is 7.77. The van der Waals surface area contributed by atoms with Gasteiger partial charge in [-0.3, -0.25) is 19.8 Å². The molecule has 1 saturated heterocycles. The zero-order valence-electron chi connectivity index (χ0n) is 13.3. The van der Waals surface area contributed by atoms with Gasteiger partial charge in [0.05, 0.1) is 6.04 Å². The molecule has 4 amide bonds. The molecule has 0 unspecified atom stereocenters. The average molecular weight is 355 g/mol. The molecule has 1 aliphatic carbocycles. The van der Waals surface area contributed by atoms with E-state index in [-0.39, 0.29) is 0 Å². The Balaban J connectivity index is 1.94. The Morgan fingerprint density at radius 3 is 2.40 bits per heavy atom. The van der Waals surface area contributed by atoms with Crippen molar-refractivity contribution < 1.29 is 27.6 Å². The first-order valence-electron chi connectivity index (χ1n) is 7.77. The largest absolute Gasteiger partial charge is 0.440 e. The Kier molecular flexibility index (Phi) is 3.97. The molecule has 0 aromatic heterocycles. The molecule has 0 spiro atoms. The number of nitrogens with one attached hydrogen (secondary N) is 2. The van der Waals surface area contributed by atoms with Gasteiger partial charge in [0.1, 0.15) is 0 Å². The summed E-state index contributed by atoms with van der Waals surface area (Å²) in [5.41, 5.74) is -2.93. The third-order valence-corrected chi connectivity index (χ3v) is 4.41. The van der Waals surface area contributed by atoms with E-state index in [0.717, 1.165) is 0 Å². The number of hydrogen-bond acceptors (Lipinski definition) is 3. The number of alkyl halides is 3. The lowest BCUT2D eigenvalue weighted by atomic mass is 10.1. The summed E-state index contributed by atoms with van der Waals surface area (Å²) in [6.45, 7) is 1.45. The highest BCUT2D eigenvalue weighted by molar-refractivity contribution is 6.09. The second-order valence-electron chi connectivity index (χ2n) is 6.20. The van der Waals surface area contributed by atoms with Crippen molar-refractivity contribution in [2.75, 3.05) is 0 Å². The monoisotopic (exact) mass is 355 g/mol. The smallest absolute Gasteiger partial charge is 0.318 e.